The number of rotatable bonds is 1. The molecule has 2 amide bonds. The van der Waals surface area contributed by atoms with Gasteiger partial charge in [0.25, 0.3) is 5.91 Å². The smallest absolute Gasteiger partial charge is 0.276 e. The molecule has 1 aromatic heterocycles. The van der Waals surface area contributed by atoms with Gasteiger partial charge in [-0.2, -0.15) is 0 Å². The summed E-state index contributed by atoms with van der Waals surface area (Å²) < 4.78 is 4.62. The molecule has 0 N–H and O–H groups in total. The summed E-state index contributed by atoms with van der Waals surface area (Å²) in [6.07, 6.45) is 1.37. The first-order valence-corrected chi connectivity index (χ1v) is 5.13. The van der Waals surface area contributed by atoms with Crippen molar-refractivity contribution in [2.75, 3.05) is 26.2 Å². The van der Waals surface area contributed by atoms with E-state index in [0.29, 0.717) is 31.9 Å². The highest BCUT2D eigenvalue weighted by Crippen LogP contribution is 2.07. The molecular weight excluding hydrogens is 210 g/mol. The van der Waals surface area contributed by atoms with Crippen LogP contribution in [0.1, 0.15) is 17.4 Å². The van der Waals surface area contributed by atoms with Crippen molar-refractivity contribution >= 4 is 11.8 Å². The number of carbonyl (C=O) groups is 2. The van der Waals surface area contributed by atoms with Crippen LogP contribution >= 0.6 is 0 Å². The maximum absolute atomic E-state index is 11.8. The van der Waals surface area contributed by atoms with Gasteiger partial charge < -0.3 is 14.3 Å². The average Bonchev–Trinajstić information content (AvgIpc) is 2.81. The van der Waals surface area contributed by atoms with Gasteiger partial charge in [-0.3, -0.25) is 9.59 Å². The van der Waals surface area contributed by atoms with Gasteiger partial charge in [0.15, 0.2) is 5.69 Å². The lowest BCUT2D eigenvalue weighted by atomic mass is 10.3. The number of piperazine rings is 1. The number of aromatic nitrogens is 1. The number of carbonyl (C=O) groups excluding carboxylic acids is 2. The van der Waals surface area contributed by atoms with Crippen molar-refractivity contribution in [3.05, 3.63) is 18.0 Å². The van der Waals surface area contributed by atoms with Gasteiger partial charge in [-0.15, -0.1) is 0 Å². The van der Waals surface area contributed by atoms with Crippen LogP contribution in [0.3, 0.4) is 0 Å². The van der Waals surface area contributed by atoms with Gasteiger partial charge in [-0.05, 0) is 0 Å². The number of hydrogen-bond donors (Lipinski definition) is 0. The lowest BCUT2D eigenvalue weighted by molar-refractivity contribution is -0.130. The van der Waals surface area contributed by atoms with E-state index in [0.717, 1.165) is 0 Å². The molecule has 0 radical (unpaired) electrons. The summed E-state index contributed by atoms with van der Waals surface area (Å²) in [5.41, 5.74) is 0.316. The largest absolute Gasteiger partial charge is 0.364 e. The number of hydrogen-bond acceptors (Lipinski definition) is 4. The van der Waals surface area contributed by atoms with Crippen LogP contribution in [0.2, 0.25) is 0 Å². The van der Waals surface area contributed by atoms with E-state index in [4.69, 9.17) is 0 Å². The highest BCUT2D eigenvalue weighted by Gasteiger charge is 2.24. The molecule has 2 rings (SSSR count). The quantitative estimate of drug-likeness (QED) is 0.671. The first-order chi connectivity index (χ1) is 7.68. The molecule has 1 aliphatic heterocycles. The molecule has 2 heterocycles. The van der Waals surface area contributed by atoms with Gasteiger partial charge in [-0.1, -0.05) is 5.16 Å². The van der Waals surface area contributed by atoms with Crippen LogP contribution in [-0.2, 0) is 4.79 Å². The second-order valence-electron chi connectivity index (χ2n) is 3.68. The lowest BCUT2D eigenvalue weighted by Gasteiger charge is -2.33. The summed E-state index contributed by atoms with van der Waals surface area (Å²) in [4.78, 5) is 26.3. The fourth-order valence-corrected chi connectivity index (χ4v) is 1.71. The van der Waals surface area contributed by atoms with Crippen molar-refractivity contribution in [1.29, 1.82) is 0 Å². The summed E-state index contributed by atoms with van der Waals surface area (Å²) in [6.45, 7) is 3.80. The fraction of sp³-hybridized carbons (Fsp3) is 0.500. The first-order valence-electron chi connectivity index (χ1n) is 5.13. The summed E-state index contributed by atoms with van der Waals surface area (Å²) >= 11 is 0. The fourth-order valence-electron chi connectivity index (χ4n) is 1.71. The SMILES string of the molecule is CC(=O)N1CCN(C(=O)c2ccon2)CC1. The van der Waals surface area contributed by atoms with Gasteiger partial charge in [-0.25, -0.2) is 0 Å². The maximum Gasteiger partial charge on any atom is 0.276 e. The summed E-state index contributed by atoms with van der Waals surface area (Å²) in [5.74, 6) is -0.0921. The summed E-state index contributed by atoms with van der Waals surface area (Å²) in [7, 11) is 0. The Labute approximate surface area is 92.8 Å². The molecule has 0 unspecified atom stereocenters. The zero-order chi connectivity index (χ0) is 11.5. The topological polar surface area (TPSA) is 66.7 Å². The van der Waals surface area contributed by atoms with Gasteiger partial charge >= 0.3 is 0 Å². The average molecular weight is 223 g/mol. The molecule has 86 valence electrons. The highest BCUT2D eigenvalue weighted by molar-refractivity contribution is 5.92. The van der Waals surface area contributed by atoms with E-state index >= 15 is 0 Å². The zero-order valence-corrected chi connectivity index (χ0v) is 9.05. The molecular formula is C10H13N3O3. The van der Waals surface area contributed by atoms with Crippen molar-refractivity contribution < 1.29 is 14.1 Å². The van der Waals surface area contributed by atoms with Crippen LogP contribution in [0.15, 0.2) is 16.9 Å². The third-order valence-corrected chi connectivity index (χ3v) is 2.67. The van der Waals surface area contributed by atoms with Crippen molar-refractivity contribution in [3.8, 4) is 0 Å². The molecule has 0 aromatic carbocycles. The van der Waals surface area contributed by atoms with E-state index in [9.17, 15) is 9.59 Å². The van der Waals surface area contributed by atoms with Crippen LogP contribution in [0.5, 0.6) is 0 Å². The predicted octanol–water partition coefficient (Wildman–Crippen LogP) is -0.0211. The van der Waals surface area contributed by atoms with Crippen LogP contribution in [0.4, 0.5) is 0 Å². The zero-order valence-electron chi connectivity index (χ0n) is 9.05. The summed E-state index contributed by atoms with van der Waals surface area (Å²) in [5, 5.41) is 3.60. The van der Waals surface area contributed by atoms with E-state index < -0.39 is 0 Å². The third-order valence-electron chi connectivity index (χ3n) is 2.67. The molecule has 1 saturated heterocycles. The number of nitrogens with zero attached hydrogens (tertiary/aromatic N) is 3. The minimum atomic E-state index is -0.142. The lowest BCUT2D eigenvalue weighted by Crippen LogP contribution is -2.50. The van der Waals surface area contributed by atoms with Crippen molar-refractivity contribution in [1.82, 2.24) is 15.0 Å². The van der Waals surface area contributed by atoms with Crippen LogP contribution in [0, 0.1) is 0 Å². The van der Waals surface area contributed by atoms with Gasteiger partial charge in [0, 0.05) is 39.2 Å². The highest BCUT2D eigenvalue weighted by atomic mass is 16.5. The van der Waals surface area contributed by atoms with E-state index in [2.05, 4.69) is 9.68 Å². The normalized spacial score (nSPS) is 16.3. The van der Waals surface area contributed by atoms with Gasteiger partial charge in [0.05, 0.1) is 0 Å². The molecule has 0 saturated carbocycles. The Morgan fingerprint density at radius 3 is 2.38 bits per heavy atom. The molecule has 1 aliphatic rings. The molecule has 0 bridgehead atoms. The molecule has 0 spiro atoms. The molecule has 6 nitrogen and oxygen atoms in total. The van der Waals surface area contributed by atoms with Crippen molar-refractivity contribution in [2.45, 2.75) is 6.92 Å². The Kier molecular flexibility index (Phi) is 2.89. The van der Waals surface area contributed by atoms with Crippen LogP contribution < -0.4 is 0 Å². The predicted molar refractivity (Wildman–Crippen MR) is 54.7 cm³/mol. The minimum absolute atomic E-state index is 0.0496. The molecule has 1 fully saturated rings. The van der Waals surface area contributed by atoms with Gasteiger partial charge in [0.1, 0.15) is 6.26 Å². The van der Waals surface area contributed by atoms with Crippen LogP contribution in [0.25, 0.3) is 0 Å². The molecule has 6 heteroatoms. The maximum atomic E-state index is 11.8. The second kappa shape index (κ2) is 4.34. The first kappa shape index (κ1) is 10.7. The minimum Gasteiger partial charge on any atom is -0.364 e. The molecule has 0 atom stereocenters. The third kappa shape index (κ3) is 2.05. The van der Waals surface area contributed by atoms with E-state index in [1.807, 2.05) is 0 Å². The Hall–Kier alpha value is -1.85. The number of amides is 2. The Bertz CT molecular complexity index is 380. The Morgan fingerprint density at radius 2 is 1.88 bits per heavy atom. The molecule has 16 heavy (non-hydrogen) atoms. The van der Waals surface area contributed by atoms with E-state index in [1.54, 1.807) is 15.9 Å². The second-order valence-corrected chi connectivity index (χ2v) is 3.68. The Morgan fingerprint density at radius 1 is 1.25 bits per heavy atom. The van der Waals surface area contributed by atoms with Crippen LogP contribution in [-0.4, -0.2) is 52.9 Å². The summed E-state index contributed by atoms with van der Waals surface area (Å²) in [6, 6.07) is 1.54. The Balaban J connectivity index is 1.94. The van der Waals surface area contributed by atoms with E-state index in [1.165, 1.54) is 13.2 Å². The van der Waals surface area contributed by atoms with E-state index in [-0.39, 0.29) is 11.8 Å². The monoisotopic (exact) mass is 223 g/mol. The van der Waals surface area contributed by atoms with Crippen molar-refractivity contribution in [3.63, 3.8) is 0 Å². The molecule has 1 aromatic rings. The molecule has 0 aliphatic carbocycles. The van der Waals surface area contributed by atoms with Gasteiger partial charge in [0.2, 0.25) is 5.91 Å². The standard InChI is InChI=1S/C10H13N3O3/c1-8(14)12-3-5-13(6-4-12)10(15)9-2-7-16-11-9/h2,7H,3-6H2,1H3. The van der Waals surface area contributed by atoms with Crippen molar-refractivity contribution in [2.24, 2.45) is 0 Å².